The van der Waals surface area contributed by atoms with Gasteiger partial charge in [-0.3, -0.25) is 4.79 Å². The third kappa shape index (κ3) is 4.96. The first-order valence-electron chi connectivity index (χ1n) is 11.5. The lowest BCUT2D eigenvalue weighted by molar-refractivity contribution is 0.0741. The number of carbonyl (C=O) groups is 1. The van der Waals surface area contributed by atoms with Crippen LogP contribution in [0.1, 0.15) is 16.2 Å². The first kappa shape index (κ1) is 22.5. The zero-order valence-corrected chi connectivity index (χ0v) is 19.5. The molecule has 0 radical (unpaired) electrons. The molecule has 1 fully saturated rings. The Morgan fingerprint density at radius 1 is 0.886 bits per heavy atom. The number of rotatable bonds is 7. The summed E-state index contributed by atoms with van der Waals surface area (Å²) in [7, 11) is 1.67. The van der Waals surface area contributed by atoms with Gasteiger partial charge in [-0.1, -0.05) is 59.8 Å². The summed E-state index contributed by atoms with van der Waals surface area (Å²) < 4.78 is 16.8. The van der Waals surface area contributed by atoms with Crippen molar-refractivity contribution in [3.05, 3.63) is 90.3 Å². The molecule has 1 amide bonds. The molecule has 0 bridgehead atoms. The summed E-state index contributed by atoms with van der Waals surface area (Å²) in [6.45, 7) is 2.73. The van der Waals surface area contributed by atoms with Gasteiger partial charge in [-0.15, -0.1) is 0 Å². The van der Waals surface area contributed by atoms with Crippen LogP contribution in [0.3, 0.4) is 0 Å². The van der Waals surface area contributed by atoms with Crippen LogP contribution in [0.15, 0.2) is 83.4 Å². The zero-order chi connectivity index (χ0) is 24.0. The number of anilines is 1. The van der Waals surface area contributed by atoms with Gasteiger partial charge in [-0.25, -0.2) is 0 Å². The maximum absolute atomic E-state index is 13.3. The Labute approximate surface area is 203 Å². The summed E-state index contributed by atoms with van der Waals surface area (Å²) in [6, 6.07) is 24.8. The van der Waals surface area contributed by atoms with Gasteiger partial charge in [0.2, 0.25) is 5.82 Å². The molecular weight excluding hydrogens is 444 g/mol. The first-order chi connectivity index (χ1) is 17.2. The van der Waals surface area contributed by atoms with Gasteiger partial charge < -0.3 is 23.8 Å². The number of piperazine rings is 1. The average molecular weight is 471 g/mol. The largest absolute Gasteiger partial charge is 0.495 e. The van der Waals surface area contributed by atoms with Gasteiger partial charge in [0, 0.05) is 31.7 Å². The number of ether oxygens (including phenoxy) is 2. The summed E-state index contributed by atoms with van der Waals surface area (Å²) >= 11 is 0. The van der Waals surface area contributed by atoms with Crippen molar-refractivity contribution in [2.45, 2.75) is 6.61 Å². The van der Waals surface area contributed by atoms with Gasteiger partial charge in [-0.05, 0) is 24.3 Å². The smallest absolute Gasteiger partial charge is 0.264 e. The second-order valence-corrected chi connectivity index (χ2v) is 8.11. The third-order valence-electron chi connectivity index (χ3n) is 5.96. The Morgan fingerprint density at radius 3 is 2.34 bits per heavy atom. The standard InChI is InChI=1S/C27H26N4O4/c1-33-24-14-8-6-12-22(24)30-15-17-31(18-16-30)27(32)21-11-5-7-13-23(21)34-19-25-28-26(29-35-25)20-9-3-2-4-10-20/h2-14H,15-19H2,1H3. The summed E-state index contributed by atoms with van der Waals surface area (Å²) in [6.07, 6.45) is 0. The predicted octanol–water partition coefficient (Wildman–Crippen LogP) is 4.29. The molecule has 0 atom stereocenters. The molecule has 0 unspecified atom stereocenters. The predicted molar refractivity (Wildman–Crippen MR) is 132 cm³/mol. The van der Waals surface area contributed by atoms with E-state index in [1.54, 1.807) is 19.2 Å². The van der Waals surface area contributed by atoms with E-state index < -0.39 is 0 Å². The molecule has 35 heavy (non-hydrogen) atoms. The molecule has 0 N–H and O–H groups in total. The van der Waals surface area contributed by atoms with Crippen LogP contribution in [0.2, 0.25) is 0 Å². The van der Waals surface area contributed by atoms with E-state index in [1.807, 2.05) is 71.6 Å². The van der Waals surface area contributed by atoms with Gasteiger partial charge in [0.1, 0.15) is 11.5 Å². The number of hydrogen-bond donors (Lipinski definition) is 0. The van der Waals surface area contributed by atoms with Crippen LogP contribution in [0, 0.1) is 0 Å². The van der Waals surface area contributed by atoms with E-state index in [-0.39, 0.29) is 12.5 Å². The molecule has 8 heteroatoms. The molecule has 0 spiro atoms. The third-order valence-corrected chi connectivity index (χ3v) is 5.96. The van der Waals surface area contributed by atoms with E-state index >= 15 is 0 Å². The van der Waals surface area contributed by atoms with Crippen LogP contribution >= 0.6 is 0 Å². The topological polar surface area (TPSA) is 80.9 Å². The highest BCUT2D eigenvalue weighted by Crippen LogP contribution is 2.29. The minimum atomic E-state index is -0.0595. The van der Waals surface area contributed by atoms with Gasteiger partial charge >= 0.3 is 0 Å². The van der Waals surface area contributed by atoms with Crippen LogP contribution in [0.5, 0.6) is 11.5 Å². The second kappa shape index (κ2) is 10.3. The van der Waals surface area contributed by atoms with Crippen molar-refractivity contribution in [2.24, 2.45) is 0 Å². The Morgan fingerprint density at radius 2 is 1.57 bits per heavy atom. The minimum Gasteiger partial charge on any atom is -0.495 e. The van der Waals surface area contributed by atoms with Crippen molar-refractivity contribution in [2.75, 3.05) is 38.2 Å². The van der Waals surface area contributed by atoms with Crippen LogP contribution < -0.4 is 14.4 Å². The molecule has 2 heterocycles. The first-order valence-corrected chi connectivity index (χ1v) is 11.5. The Balaban J connectivity index is 1.23. The fourth-order valence-corrected chi connectivity index (χ4v) is 4.14. The fraction of sp³-hybridized carbons (Fsp3) is 0.222. The van der Waals surface area contributed by atoms with Crippen molar-refractivity contribution in [3.8, 4) is 22.9 Å². The number of hydrogen-bond acceptors (Lipinski definition) is 7. The van der Waals surface area contributed by atoms with E-state index in [1.165, 1.54) is 0 Å². The lowest BCUT2D eigenvalue weighted by Gasteiger charge is -2.36. The summed E-state index contributed by atoms with van der Waals surface area (Å²) in [4.78, 5) is 21.8. The maximum Gasteiger partial charge on any atom is 0.264 e. The van der Waals surface area contributed by atoms with E-state index in [4.69, 9.17) is 14.0 Å². The minimum absolute atomic E-state index is 0.0595. The molecule has 1 aliphatic heterocycles. The van der Waals surface area contributed by atoms with Crippen LogP contribution in [-0.4, -0.2) is 54.2 Å². The Kier molecular flexibility index (Phi) is 6.61. The summed E-state index contributed by atoms with van der Waals surface area (Å²) in [5.74, 6) is 2.11. The number of amides is 1. The normalized spacial score (nSPS) is 13.5. The van der Waals surface area contributed by atoms with Crippen molar-refractivity contribution in [1.82, 2.24) is 15.0 Å². The van der Waals surface area contributed by atoms with E-state index in [0.717, 1.165) is 30.1 Å². The van der Waals surface area contributed by atoms with Gasteiger partial charge in [0.05, 0.1) is 18.4 Å². The highest BCUT2D eigenvalue weighted by molar-refractivity contribution is 5.97. The lowest BCUT2D eigenvalue weighted by atomic mass is 10.1. The van der Waals surface area contributed by atoms with Gasteiger partial charge in [0.15, 0.2) is 6.61 Å². The number of benzene rings is 3. The van der Waals surface area contributed by atoms with Crippen molar-refractivity contribution < 1.29 is 18.8 Å². The lowest BCUT2D eigenvalue weighted by Crippen LogP contribution is -2.49. The second-order valence-electron chi connectivity index (χ2n) is 8.11. The molecule has 1 aliphatic rings. The summed E-state index contributed by atoms with van der Waals surface area (Å²) in [5.41, 5.74) is 2.42. The number of carbonyl (C=O) groups excluding carboxylic acids is 1. The molecule has 0 saturated carbocycles. The van der Waals surface area contributed by atoms with Crippen LogP contribution in [-0.2, 0) is 6.61 Å². The van der Waals surface area contributed by atoms with Crippen molar-refractivity contribution in [1.29, 1.82) is 0 Å². The molecule has 178 valence electrons. The van der Waals surface area contributed by atoms with Crippen LogP contribution in [0.4, 0.5) is 5.69 Å². The molecule has 0 aliphatic carbocycles. The molecule has 1 saturated heterocycles. The number of methoxy groups -OCH3 is 1. The van der Waals surface area contributed by atoms with Crippen molar-refractivity contribution >= 4 is 11.6 Å². The molecule has 1 aromatic heterocycles. The average Bonchev–Trinajstić information content (AvgIpc) is 3.41. The monoisotopic (exact) mass is 470 g/mol. The maximum atomic E-state index is 13.3. The fourth-order valence-electron chi connectivity index (χ4n) is 4.14. The van der Waals surface area contributed by atoms with Crippen LogP contribution in [0.25, 0.3) is 11.4 Å². The molecule has 3 aromatic carbocycles. The van der Waals surface area contributed by atoms with E-state index in [2.05, 4.69) is 15.0 Å². The van der Waals surface area contributed by atoms with Gasteiger partial charge in [0.25, 0.3) is 11.8 Å². The van der Waals surface area contributed by atoms with Gasteiger partial charge in [-0.2, -0.15) is 4.98 Å². The highest BCUT2D eigenvalue weighted by Gasteiger charge is 2.25. The van der Waals surface area contributed by atoms with E-state index in [0.29, 0.717) is 36.1 Å². The Hall–Kier alpha value is -4.33. The number of para-hydroxylation sites is 3. The number of aromatic nitrogens is 2. The highest BCUT2D eigenvalue weighted by atomic mass is 16.5. The molecule has 5 rings (SSSR count). The Bertz CT molecular complexity index is 1280. The molecule has 8 nitrogen and oxygen atoms in total. The zero-order valence-electron chi connectivity index (χ0n) is 19.5. The van der Waals surface area contributed by atoms with Crippen molar-refractivity contribution in [3.63, 3.8) is 0 Å². The van der Waals surface area contributed by atoms with E-state index in [9.17, 15) is 4.79 Å². The quantitative estimate of drug-likeness (QED) is 0.399. The summed E-state index contributed by atoms with van der Waals surface area (Å²) in [5, 5.41) is 4.02. The SMILES string of the molecule is COc1ccccc1N1CCN(C(=O)c2ccccc2OCc2nc(-c3ccccc3)no2)CC1. The number of nitrogens with zero attached hydrogens (tertiary/aromatic N) is 4. The molecular formula is C27H26N4O4. The molecule has 4 aromatic rings.